The molecule has 1 saturated heterocycles. The van der Waals surface area contributed by atoms with E-state index in [0.29, 0.717) is 5.25 Å². The minimum Gasteiger partial charge on any atom is -0.487 e. The van der Waals surface area contributed by atoms with Crippen LogP contribution < -0.4 is 10.1 Å². The van der Waals surface area contributed by atoms with Crippen LogP contribution in [0.15, 0.2) is 48.0 Å². The summed E-state index contributed by atoms with van der Waals surface area (Å²) in [5, 5.41) is 4.15. The zero-order valence-electron chi connectivity index (χ0n) is 22.9. The number of likely N-dealkylation sites (tertiary alicyclic amines) is 1. The molecule has 216 valence electrons. The van der Waals surface area contributed by atoms with E-state index in [1.165, 1.54) is 12.8 Å². The molecule has 1 saturated carbocycles. The van der Waals surface area contributed by atoms with E-state index in [1.54, 1.807) is 30.4 Å². The third-order valence-electron chi connectivity index (χ3n) is 7.21. The Labute approximate surface area is 242 Å². The van der Waals surface area contributed by atoms with E-state index in [9.17, 15) is 13.6 Å². The molecule has 1 aromatic carbocycles. The fraction of sp³-hybridized carbons (Fsp3) is 0.433. The first kappa shape index (κ1) is 28.9. The molecule has 2 fully saturated rings. The van der Waals surface area contributed by atoms with Crippen LogP contribution in [-0.4, -0.2) is 63.6 Å². The molecule has 2 aliphatic rings. The van der Waals surface area contributed by atoms with Gasteiger partial charge in [-0.05, 0) is 58.0 Å². The number of rotatable bonds is 8. The summed E-state index contributed by atoms with van der Waals surface area (Å²) in [6.45, 7) is 1.57. The molecule has 3 heterocycles. The van der Waals surface area contributed by atoms with Crippen molar-refractivity contribution in [2.24, 2.45) is 0 Å². The van der Waals surface area contributed by atoms with Crippen molar-refractivity contribution < 1.29 is 23.0 Å². The van der Waals surface area contributed by atoms with Gasteiger partial charge in [0, 0.05) is 29.6 Å². The van der Waals surface area contributed by atoms with Crippen LogP contribution >= 0.6 is 11.8 Å². The normalized spacial score (nSPS) is 16.3. The predicted molar refractivity (Wildman–Crippen MR) is 152 cm³/mol. The Morgan fingerprint density at radius 3 is 2.61 bits per heavy atom. The van der Waals surface area contributed by atoms with Gasteiger partial charge in [0.1, 0.15) is 24.0 Å². The van der Waals surface area contributed by atoms with Crippen LogP contribution in [-0.2, 0) is 11.3 Å². The smallest absolute Gasteiger partial charge is 0.408 e. The molecule has 1 aliphatic carbocycles. The summed E-state index contributed by atoms with van der Waals surface area (Å²) in [7, 11) is 2.03. The number of ether oxygens (including phenoxy) is 2. The number of carbonyl (C=O) groups excluding carboxylic acids is 1. The summed E-state index contributed by atoms with van der Waals surface area (Å²) in [6, 6.07) is 6.03. The molecule has 3 aromatic rings. The zero-order chi connectivity index (χ0) is 28.6. The number of halogens is 2. The standard InChI is InChI=1S/C30H33F2N5O3S/c1-36-13-10-21(11-14-36)35-30(38)39-15-5-9-26-27(31)16-24(17-28(26)32)40-20-23-19-34-29(41-25-7-2-3-8-25)37(23)22-6-4-12-33-18-22/h4,6,12,16-19,21,25H,2-3,7-8,10-11,13-15,20H2,1H3,(H,35,38). The van der Waals surface area contributed by atoms with Crippen LogP contribution in [0.2, 0.25) is 0 Å². The number of carbonyl (C=O) groups is 1. The van der Waals surface area contributed by atoms with E-state index in [1.807, 2.05) is 23.7 Å². The highest BCUT2D eigenvalue weighted by molar-refractivity contribution is 7.99. The highest BCUT2D eigenvalue weighted by Crippen LogP contribution is 2.35. The first-order valence-corrected chi connectivity index (χ1v) is 14.7. The molecule has 8 nitrogen and oxygen atoms in total. The quantitative estimate of drug-likeness (QED) is 0.360. The van der Waals surface area contributed by atoms with Gasteiger partial charge in [-0.25, -0.2) is 18.6 Å². The van der Waals surface area contributed by atoms with E-state index in [-0.39, 0.29) is 25.0 Å². The third-order valence-corrected chi connectivity index (χ3v) is 8.52. The second-order valence-electron chi connectivity index (χ2n) is 10.3. The first-order valence-electron chi connectivity index (χ1n) is 13.8. The monoisotopic (exact) mass is 581 g/mol. The maximum Gasteiger partial charge on any atom is 0.408 e. The van der Waals surface area contributed by atoms with E-state index in [0.717, 1.165) is 67.4 Å². The predicted octanol–water partition coefficient (Wildman–Crippen LogP) is 5.33. The Hall–Kier alpha value is -3.62. The molecular weight excluding hydrogens is 548 g/mol. The summed E-state index contributed by atoms with van der Waals surface area (Å²) in [4.78, 5) is 23.0. The molecule has 1 N–H and O–H groups in total. The van der Waals surface area contributed by atoms with Crippen LogP contribution in [0, 0.1) is 23.5 Å². The third kappa shape index (κ3) is 7.77. The lowest BCUT2D eigenvalue weighted by molar-refractivity contribution is 0.147. The number of alkyl carbamates (subject to hydrolysis) is 1. The largest absolute Gasteiger partial charge is 0.487 e. The SMILES string of the molecule is CN1CCC(NC(=O)OCC#Cc2c(F)cc(OCc3cnc(SC4CCCC4)n3-c3cccnc3)cc2F)CC1. The van der Waals surface area contributed by atoms with Crippen LogP contribution in [0.5, 0.6) is 5.75 Å². The van der Waals surface area contributed by atoms with Gasteiger partial charge in [-0.3, -0.25) is 9.55 Å². The highest BCUT2D eigenvalue weighted by Gasteiger charge is 2.22. The number of thioether (sulfide) groups is 1. The molecular formula is C30H33F2N5O3S. The number of imidazole rings is 1. The second-order valence-corrected chi connectivity index (χ2v) is 11.5. The molecule has 1 amide bonds. The van der Waals surface area contributed by atoms with E-state index in [2.05, 4.69) is 32.0 Å². The van der Waals surface area contributed by atoms with Crippen molar-refractivity contribution in [2.75, 3.05) is 26.7 Å². The van der Waals surface area contributed by atoms with Gasteiger partial charge < -0.3 is 19.7 Å². The number of benzene rings is 1. The summed E-state index contributed by atoms with van der Waals surface area (Å²) in [5.74, 6) is 3.25. The number of aromatic nitrogens is 3. The lowest BCUT2D eigenvalue weighted by Gasteiger charge is -2.28. The Morgan fingerprint density at radius 2 is 1.90 bits per heavy atom. The minimum atomic E-state index is -0.860. The van der Waals surface area contributed by atoms with Crippen molar-refractivity contribution >= 4 is 17.9 Å². The van der Waals surface area contributed by atoms with Crippen LogP contribution in [0.25, 0.3) is 5.69 Å². The highest BCUT2D eigenvalue weighted by atomic mass is 32.2. The average molecular weight is 582 g/mol. The number of amides is 1. The van der Waals surface area contributed by atoms with Crippen LogP contribution in [0.4, 0.5) is 13.6 Å². The van der Waals surface area contributed by atoms with Gasteiger partial charge in [0.05, 0.1) is 29.3 Å². The molecule has 41 heavy (non-hydrogen) atoms. The molecule has 1 aliphatic heterocycles. The summed E-state index contributed by atoms with van der Waals surface area (Å²) < 4.78 is 42.3. The molecule has 11 heteroatoms. The Balaban J connectivity index is 1.20. The van der Waals surface area contributed by atoms with Crippen molar-refractivity contribution in [3.8, 4) is 23.3 Å². The van der Waals surface area contributed by atoms with Gasteiger partial charge in [0.25, 0.3) is 0 Å². The zero-order valence-corrected chi connectivity index (χ0v) is 23.8. The van der Waals surface area contributed by atoms with Gasteiger partial charge in [0.2, 0.25) is 0 Å². The van der Waals surface area contributed by atoms with Gasteiger partial charge >= 0.3 is 6.09 Å². The van der Waals surface area contributed by atoms with Crippen molar-refractivity contribution in [2.45, 2.75) is 61.6 Å². The summed E-state index contributed by atoms with van der Waals surface area (Å²) >= 11 is 1.74. The Bertz CT molecular complexity index is 1370. The van der Waals surface area contributed by atoms with E-state index < -0.39 is 23.3 Å². The molecule has 5 rings (SSSR count). The van der Waals surface area contributed by atoms with E-state index >= 15 is 0 Å². The van der Waals surface area contributed by atoms with Crippen LogP contribution in [0.1, 0.15) is 49.8 Å². The second kappa shape index (κ2) is 13.8. The maximum atomic E-state index is 14.8. The number of nitrogens with one attached hydrogen (secondary N) is 1. The fourth-order valence-electron chi connectivity index (χ4n) is 4.97. The average Bonchev–Trinajstić information content (AvgIpc) is 3.63. The van der Waals surface area contributed by atoms with Crippen molar-refractivity contribution in [3.05, 3.63) is 65.7 Å². The Kier molecular flexibility index (Phi) is 9.75. The number of hydrogen-bond donors (Lipinski definition) is 1. The lowest BCUT2D eigenvalue weighted by Crippen LogP contribution is -2.43. The minimum absolute atomic E-state index is 0.0308. The molecule has 0 bridgehead atoms. The van der Waals surface area contributed by atoms with Crippen molar-refractivity contribution in [3.63, 3.8) is 0 Å². The van der Waals surface area contributed by atoms with Crippen molar-refractivity contribution in [1.29, 1.82) is 0 Å². The van der Waals surface area contributed by atoms with Crippen LogP contribution in [0.3, 0.4) is 0 Å². The fourth-order valence-corrected chi connectivity index (χ4v) is 6.28. The van der Waals surface area contributed by atoms with Gasteiger partial charge in [-0.2, -0.15) is 0 Å². The molecule has 0 radical (unpaired) electrons. The van der Waals surface area contributed by atoms with E-state index in [4.69, 9.17) is 9.47 Å². The molecule has 2 aromatic heterocycles. The number of piperidine rings is 1. The Morgan fingerprint density at radius 1 is 1.15 bits per heavy atom. The number of nitrogens with zero attached hydrogens (tertiary/aromatic N) is 4. The van der Waals surface area contributed by atoms with Crippen molar-refractivity contribution in [1.82, 2.24) is 24.8 Å². The van der Waals surface area contributed by atoms with Gasteiger partial charge in [-0.15, -0.1) is 0 Å². The number of pyridine rings is 1. The molecule has 0 spiro atoms. The molecule has 0 atom stereocenters. The molecule has 0 unspecified atom stereocenters. The number of hydrogen-bond acceptors (Lipinski definition) is 7. The van der Waals surface area contributed by atoms with Gasteiger partial charge in [-0.1, -0.05) is 36.4 Å². The van der Waals surface area contributed by atoms with Gasteiger partial charge in [0.15, 0.2) is 11.8 Å². The summed E-state index contributed by atoms with van der Waals surface area (Å²) in [5.41, 5.74) is 1.17. The lowest BCUT2D eigenvalue weighted by atomic mass is 10.1. The summed E-state index contributed by atoms with van der Waals surface area (Å²) in [6.07, 6.45) is 11.0. The topological polar surface area (TPSA) is 81.5 Å². The first-order chi connectivity index (χ1) is 20.0. The maximum absolute atomic E-state index is 14.8.